The average Bonchev–Trinajstić information content (AvgIpc) is 2.18. The molecule has 1 nitrogen and oxygen atoms in total. The molecule has 1 rings (SSSR count). The third kappa shape index (κ3) is 4.48. The molecule has 0 saturated heterocycles. The van der Waals surface area contributed by atoms with Gasteiger partial charge >= 0.3 is 0 Å². The van der Waals surface area contributed by atoms with Gasteiger partial charge in [-0.1, -0.05) is 29.9 Å². The largest absolute Gasteiger partial charge is 0.388 e. The molecule has 1 aliphatic carbocycles. The van der Waals surface area contributed by atoms with E-state index in [1.54, 1.807) is 0 Å². The molecule has 84 valence electrons. The van der Waals surface area contributed by atoms with E-state index >= 15 is 0 Å². The van der Waals surface area contributed by atoms with Crippen LogP contribution in [0.2, 0.25) is 0 Å². The SMILES string of the molecule is C=C1CC/C=C(\C)CC/C=C(\C)C[C@H]1O. The highest BCUT2D eigenvalue weighted by atomic mass is 16.3. The van der Waals surface area contributed by atoms with E-state index in [-0.39, 0.29) is 6.10 Å². The quantitative estimate of drug-likeness (QED) is 0.598. The fourth-order valence-electron chi connectivity index (χ4n) is 1.85. The minimum absolute atomic E-state index is 0.354. The van der Waals surface area contributed by atoms with E-state index in [1.165, 1.54) is 11.1 Å². The fourth-order valence-corrected chi connectivity index (χ4v) is 1.85. The minimum Gasteiger partial charge on any atom is -0.388 e. The van der Waals surface area contributed by atoms with Crippen molar-refractivity contribution in [1.29, 1.82) is 0 Å². The van der Waals surface area contributed by atoms with Gasteiger partial charge in [0, 0.05) is 0 Å². The lowest BCUT2D eigenvalue weighted by Crippen LogP contribution is -2.09. The fraction of sp³-hybridized carbons (Fsp3) is 0.571. The van der Waals surface area contributed by atoms with Crippen molar-refractivity contribution in [2.45, 2.75) is 52.1 Å². The summed E-state index contributed by atoms with van der Waals surface area (Å²) in [6.45, 7) is 8.22. The summed E-state index contributed by atoms with van der Waals surface area (Å²) in [5, 5.41) is 9.87. The Morgan fingerprint density at radius 2 is 1.73 bits per heavy atom. The van der Waals surface area contributed by atoms with Crippen molar-refractivity contribution in [3.8, 4) is 0 Å². The molecule has 0 unspecified atom stereocenters. The lowest BCUT2D eigenvalue weighted by atomic mass is 10.00. The molecule has 0 bridgehead atoms. The normalized spacial score (nSPS) is 32.2. The Hall–Kier alpha value is -0.820. The first-order chi connectivity index (χ1) is 7.09. The Morgan fingerprint density at radius 1 is 1.13 bits per heavy atom. The van der Waals surface area contributed by atoms with Crippen LogP contribution in [-0.2, 0) is 0 Å². The number of hydrogen-bond acceptors (Lipinski definition) is 1. The molecule has 0 aliphatic heterocycles. The Labute approximate surface area is 93.2 Å². The van der Waals surface area contributed by atoms with Crippen molar-refractivity contribution in [3.05, 3.63) is 35.5 Å². The van der Waals surface area contributed by atoms with Crippen molar-refractivity contribution >= 4 is 0 Å². The molecule has 0 amide bonds. The van der Waals surface area contributed by atoms with Crippen molar-refractivity contribution in [1.82, 2.24) is 0 Å². The third-order valence-corrected chi connectivity index (χ3v) is 2.98. The molecule has 0 spiro atoms. The van der Waals surface area contributed by atoms with E-state index in [0.717, 1.165) is 37.7 Å². The van der Waals surface area contributed by atoms with Gasteiger partial charge in [0.05, 0.1) is 6.10 Å². The van der Waals surface area contributed by atoms with Gasteiger partial charge in [-0.15, -0.1) is 0 Å². The van der Waals surface area contributed by atoms with E-state index in [4.69, 9.17) is 0 Å². The van der Waals surface area contributed by atoms with Crippen LogP contribution in [0.25, 0.3) is 0 Å². The molecule has 0 heterocycles. The topological polar surface area (TPSA) is 20.2 Å². The van der Waals surface area contributed by atoms with Gasteiger partial charge in [-0.2, -0.15) is 0 Å². The van der Waals surface area contributed by atoms with Crippen LogP contribution in [0.15, 0.2) is 35.5 Å². The second-order valence-electron chi connectivity index (χ2n) is 4.56. The summed E-state index contributed by atoms with van der Waals surface area (Å²) in [5.74, 6) is 0. The Kier molecular flexibility index (Phi) is 4.83. The van der Waals surface area contributed by atoms with Gasteiger partial charge in [0.25, 0.3) is 0 Å². The number of aliphatic hydroxyl groups is 1. The zero-order valence-electron chi connectivity index (χ0n) is 9.92. The zero-order valence-corrected chi connectivity index (χ0v) is 9.92. The predicted octanol–water partition coefficient (Wildman–Crippen LogP) is 3.76. The zero-order chi connectivity index (χ0) is 11.3. The molecule has 1 aliphatic rings. The number of aliphatic hydroxyl groups excluding tert-OH is 1. The van der Waals surface area contributed by atoms with E-state index < -0.39 is 0 Å². The van der Waals surface area contributed by atoms with Gasteiger partial charge in [0.2, 0.25) is 0 Å². The van der Waals surface area contributed by atoms with E-state index in [9.17, 15) is 5.11 Å². The van der Waals surface area contributed by atoms with Gasteiger partial charge in [-0.3, -0.25) is 0 Å². The van der Waals surface area contributed by atoms with Crippen LogP contribution in [-0.4, -0.2) is 11.2 Å². The molecule has 0 fully saturated rings. The highest BCUT2D eigenvalue weighted by Gasteiger charge is 2.09. The van der Waals surface area contributed by atoms with Gasteiger partial charge in [-0.05, 0) is 51.5 Å². The second-order valence-corrected chi connectivity index (χ2v) is 4.56. The Morgan fingerprint density at radius 3 is 2.47 bits per heavy atom. The maximum Gasteiger partial charge on any atom is 0.0784 e. The summed E-state index contributed by atoms with van der Waals surface area (Å²) in [7, 11) is 0. The monoisotopic (exact) mass is 206 g/mol. The van der Waals surface area contributed by atoms with E-state index in [0.29, 0.717) is 0 Å². The Balaban J connectivity index is 2.70. The summed E-state index contributed by atoms with van der Waals surface area (Å²) in [6.07, 6.45) is 9.05. The van der Waals surface area contributed by atoms with Crippen LogP contribution < -0.4 is 0 Å². The van der Waals surface area contributed by atoms with Gasteiger partial charge in [-0.25, -0.2) is 0 Å². The van der Waals surface area contributed by atoms with E-state index in [2.05, 4.69) is 32.6 Å². The van der Waals surface area contributed by atoms with Crippen molar-refractivity contribution in [2.75, 3.05) is 0 Å². The molecule has 1 N–H and O–H groups in total. The van der Waals surface area contributed by atoms with Gasteiger partial charge < -0.3 is 5.11 Å². The number of rotatable bonds is 0. The van der Waals surface area contributed by atoms with Crippen LogP contribution in [0, 0.1) is 0 Å². The van der Waals surface area contributed by atoms with Crippen molar-refractivity contribution in [2.24, 2.45) is 0 Å². The van der Waals surface area contributed by atoms with Crippen LogP contribution in [0.4, 0.5) is 0 Å². The first-order valence-corrected chi connectivity index (χ1v) is 5.76. The predicted molar refractivity (Wildman–Crippen MR) is 65.7 cm³/mol. The summed E-state index contributed by atoms with van der Waals surface area (Å²) in [6, 6.07) is 0. The molecule has 0 saturated carbocycles. The second kappa shape index (κ2) is 5.92. The molecule has 0 aromatic heterocycles. The summed E-state index contributed by atoms with van der Waals surface area (Å²) in [4.78, 5) is 0. The molecular formula is C14H22O. The Bertz CT molecular complexity index is 284. The maximum atomic E-state index is 9.87. The van der Waals surface area contributed by atoms with Crippen LogP contribution in [0.1, 0.15) is 46.0 Å². The van der Waals surface area contributed by atoms with Crippen molar-refractivity contribution in [3.63, 3.8) is 0 Å². The summed E-state index contributed by atoms with van der Waals surface area (Å²) < 4.78 is 0. The highest BCUT2D eigenvalue weighted by molar-refractivity contribution is 5.13. The standard InChI is InChI=1S/C14H22O/c1-11-6-4-8-12(2)10-14(15)13(3)9-5-7-11/h7-8,14-15H,3-6,9-10H2,1-2H3/b11-7+,12-8+/t14-/m1/s1. The molecule has 1 atom stereocenters. The van der Waals surface area contributed by atoms with Gasteiger partial charge in [0.1, 0.15) is 0 Å². The average molecular weight is 206 g/mol. The van der Waals surface area contributed by atoms with Crippen LogP contribution >= 0.6 is 0 Å². The van der Waals surface area contributed by atoms with Crippen LogP contribution in [0.3, 0.4) is 0 Å². The smallest absolute Gasteiger partial charge is 0.0784 e. The molecule has 0 aromatic carbocycles. The lowest BCUT2D eigenvalue weighted by Gasteiger charge is -2.13. The number of allylic oxidation sites excluding steroid dienone is 3. The lowest BCUT2D eigenvalue weighted by molar-refractivity contribution is 0.207. The molecular weight excluding hydrogens is 184 g/mol. The summed E-state index contributed by atoms with van der Waals surface area (Å²) >= 11 is 0. The third-order valence-electron chi connectivity index (χ3n) is 2.98. The highest BCUT2D eigenvalue weighted by Crippen LogP contribution is 2.19. The maximum absolute atomic E-state index is 9.87. The summed E-state index contributed by atoms with van der Waals surface area (Å²) in [5.41, 5.74) is 3.69. The first-order valence-electron chi connectivity index (χ1n) is 5.76. The molecule has 15 heavy (non-hydrogen) atoms. The van der Waals surface area contributed by atoms with E-state index in [1.807, 2.05) is 0 Å². The molecule has 1 heteroatoms. The minimum atomic E-state index is -0.354. The van der Waals surface area contributed by atoms with Crippen LogP contribution in [0.5, 0.6) is 0 Å². The molecule has 0 radical (unpaired) electrons. The van der Waals surface area contributed by atoms with Crippen molar-refractivity contribution < 1.29 is 5.11 Å². The number of hydrogen-bond donors (Lipinski definition) is 1. The van der Waals surface area contributed by atoms with Gasteiger partial charge in [0.15, 0.2) is 0 Å². The first kappa shape index (κ1) is 12.3. The molecule has 0 aromatic rings.